The van der Waals surface area contributed by atoms with Crippen LogP contribution in [0.2, 0.25) is 0 Å². The fraction of sp³-hybridized carbons (Fsp3) is 0.947. The van der Waals surface area contributed by atoms with Crippen LogP contribution in [0.4, 0.5) is 4.79 Å². The third-order valence-corrected chi connectivity index (χ3v) is 6.97. The summed E-state index contributed by atoms with van der Waals surface area (Å²) in [5.74, 6) is 2.87. The first-order valence-corrected chi connectivity index (χ1v) is 9.89. The second kappa shape index (κ2) is 6.62. The normalized spacial score (nSPS) is 40.7. The van der Waals surface area contributed by atoms with E-state index in [0.717, 1.165) is 43.7 Å². The van der Waals surface area contributed by atoms with Crippen molar-refractivity contribution in [3.8, 4) is 0 Å². The lowest BCUT2D eigenvalue weighted by atomic mass is 9.84. The monoisotopic (exact) mass is 320 g/mol. The Morgan fingerprint density at radius 2 is 2.13 bits per heavy atom. The third kappa shape index (κ3) is 3.24. The number of carbonyl (C=O) groups excluding carboxylic acids is 1. The summed E-state index contributed by atoms with van der Waals surface area (Å²) in [6.07, 6.45) is 11.9. The number of ether oxygens (including phenoxy) is 1. The maximum atomic E-state index is 12.7. The Hall–Kier alpha value is -0.770. The van der Waals surface area contributed by atoms with Gasteiger partial charge in [-0.3, -0.25) is 0 Å². The van der Waals surface area contributed by atoms with Crippen LogP contribution in [-0.2, 0) is 4.74 Å². The molecule has 2 heterocycles. The van der Waals surface area contributed by atoms with Crippen LogP contribution in [0.3, 0.4) is 0 Å². The zero-order valence-electron chi connectivity index (χ0n) is 14.5. The van der Waals surface area contributed by atoms with Crippen molar-refractivity contribution in [2.45, 2.75) is 82.9 Å². The van der Waals surface area contributed by atoms with Gasteiger partial charge in [-0.2, -0.15) is 0 Å². The number of rotatable bonds is 4. The first-order chi connectivity index (χ1) is 11.2. The molecule has 0 unspecified atom stereocenters. The lowest BCUT2D eigenvalue weighted by Crippen LogP contribution is -2.49. The highest BCUT2D eigenvalue weighted by Crippen LogP contribution is 2.50. The molecule has 2 aliphatic heterocycles. The lowest BCUT2D eigenvalue weighted by molar-refractivity contribution is 0.0823. The van der Waals surface area contributed by atoms with Crippen molar-refractivity contribution >= 4 is 6.03 Å². The molecule has 1 N–H and O–H groups in total. The topological polar surface area (TPSA) is 41.6 Å². The standard InChI is InChI=1S/C19H32N2O2/c1-13(18-5-3-9-23-18)20-19(22)21-8-2-4-17(21)12-16-11-14-6-7-15(16)10-14/h13-18H,2-12H2,1H3,(H,20,22)/t13-,14-,15-,16+,17+,18-/m0/s1. The number of hydrogen-bond acceptors (Lipinski definition) is 2. The van der Waals surface area contributed by atoms with Gasteiger partial charge in [-0.15, -0.1) is 0 Å². The van der Waals surface area contributed by atoms with Crippen LogP contribution >= 0.6 is 0 Å². The number of hydrogen-bond donors (Lipinski definition) is 1. The number of likely N-dealkylation sites (tertiary alicyclic amines) is 1. The van der Waals surface area contributed by atoms with E-state index < -0.39 is 0 Å². The second-order valence-electron chi connectivity index (χ2n) is 8.45. The Balaban J connectivity index is 1.31. The van der Waals surface area contributed by atoms with Crippen LogP contribution in [0.1, 0.15) is 64.7 Å². The van der Waals surface area contributed by atoms with Gasteiger partial charge >= 0.3 is 6.03 Å². The van der Waals surface area contributed by atoms with Crippen LogP contribution in [-0.4, -0.2) is 42.3 Å². The number of urea groups is 1. The Labute approximate surface area is 140 Å². The van der Waals surface area contributed by atoms with Crippen molar-refractivity contribution in [3.05, 3.63) is 0 Å². The molecule has 130 valence electrons. The molecule has 0 aromatic carbocycles. The first kappa shape index (κ1) is 15.7. The molecule has 2 bridgehead atoms. The van der Waals surface area contributed by atoms with Crippen LogP contribution in [0.5, 0.6) is 0 Å². The SMILES string of the molecule is C[C@H](NC(=O)N1CCC[C@@H]1C[C@H]1C[C@H]2CC[C@H]1C2)[C@@H]1CCCO1. The summed E-state index contributed by atoms with van der Waals surface area (Å²) in [5.41, 5.74) is 0. The fourth-order valence-electron chi connectivity index (χ4n) is 5.73. The molecule has 2 saturated carbocycles. The van der Waals surface area contributed by atoms with Crippen molar-refractivity contribution in [1.82, 2.24) is 10.2 Å². The van der Waals surface area contributed by atoms with E-state index in [0.29, 0.717) is 6.04 Å². The third-order valence-electron chi connectivity index (χ3n) is 6.97. The first-order valence-electron chi connectivity index (χ1n) is 9.89. The molecule has 6 atom stereocenters. The van der Waals surface area contributed by atoms with E-state index in [1.165, 1.54) is 44.9 Å². The highest BCUT2D eigenvalue weighted by atomic mass is 16.5. The average Bonchev–Trinajstić information content (AvgIpc) is 3.32. The summed E-state index contributed by atoms with van der Waals surface area (Å²) in [5, 5.41) is 3.21. The Morgan fingerprint density at radius 1 is 1.22 bits per heavy atom. The summed E-state index contributed by atoms with van der Waals surface area (Å²) in [7, 11) is 0. The Morgan fingerprint density at radius 3 is 2.83 bits per heavy atom. The summed E-state index contributed by atoms with van der Waals surface area (Å²) in [4.78, 5) is 14.9. The van der Waals surface area contributed by atoms with Crippen molar-refractivity contribution < 1.29 is 9.53 Å². The minimum absolute atomic E-state index is 0.133. The van der Waals surface area contributed by atoms with Gasteiger partial charge in [0.05, 0.1) is 12.1 Å². The zero-order chi connectivity index (χ0) is 15.8. The zero-order valence-corrected chi connectivity index (χ0v) is 14.5. The van der Waals surface area contributed by atoms with Gasteiger partial charge in [-0.05, 0) is 76.0 Å². The number of fused-ring (bicyclic) bond motifs is 2. The van der Waals surface area contributed by atoms with Gasteiger partial charge in [-0.1, -0.05) is 6.42 Å². The summed E-state index contributed by atoms with van der Waals surface area (Å²) >= 11 is 0. The predicted octanol–water partition coefficient (Wildman–Crippen LogP) is 3.55. The van der Waals surface area contributed by atoms with E-state index in [9.17, 15) is 4.79 Å². The molecular weight excluding hydrogens is 288 g/mol. The molecule has 0 aromatic heterocycles. The molecule has 2 aliphatic carbocycles. The van der Waals surface area contributed by atoms with Gasteiger partial charge in [-0.25, -0.2) is 4.79 Å². The molecule has 0 aromatic rings. The van der Waals surface area contributed by atoms with E-state index in [1.54, 1.807) is 0 Å². The van der Waals surface area contributed by atoms with Crippen LogP contribution < -0.4 is 5.32 Å². The molecule has 4 heteroatoms. The number of nitrogens with zero attached hydrogens (tertiary/aromatic N) is 1. The summed E-state index contributed by atoms with van der Waals surface area (Å²) < 4.78 is 5.71. The quantitative estimate of drug-likeness (QED) is 0.860. The Kier molecular flexibility index (Phi) is 4.53. The molecule has 4 nitrogen and oxygen atoms in total. The van der Waals surface area contributed by atoms with Gasteiger partial charge in [0, 0.05) is 19.2 Å². The molecule has 23 heavy (non-hydrogen) atoms. The molecule has 0 spiro atoms. The number of amides is 2. The fourth-order valence-corrected chi connectivity index (χ4v) is 5.73. The van der Waals surface area contributed by atoms with Crippen molar-refractivity contribution in [3.63, 3.8) is 0 Å². The van der Waals surface area contributed by atoms with E-state index in [1.807, 2.05) is 0 Å². The average molecular weight is 320 g/mol. The van der Waals surface area contributed by atoms with Gasteiger partial charge in [0.25, 0.3) is 0 Å². The smallest absolute Gasteiger partial charge is 0.317 e. The summed E-state index contributed by atoms with van der Waals surface area (Å²) in [6.45, 7) is 3.88. The maximum absolute atomic E-state index is 12.7. The molecule has 4 rings (SSSR count). The number of carbonyl (C=O) groups is 1. The van der Waals surface area contributed by atoms with Crippen LogP contribution in [0.15, 0.2) is 0 Å². The van der Waals surface area contributed by atoms with Gasteiger partial charge in [0.2, 0.25) is 0 Å². The van der Waals surface area contributed by atoms with Crippen LogP contribution in [0.25, 0.3) is 0 Å². The largest absolute Gasteiger partial charge is 0.376 e. The van der Waals surface area contributed by atoms with Crippen LogP contribution in [0, 0.1) is 17.8 Å². The predicted molar refractivity (Wildman–Crippen MR) is 90.3 cm³/mol. The highest BCUT2D eigenvalue weighted by Gasteiger charge is 2.42. The summed E-state index contributed by atoms with van der Waals surface area (Å²) in [6, 6.07) is 0.767. The van der Waals surface area contributed by atoms with E-state index in [2.05, 4.69) is 17.1 Å². The van der Waals surface area contributed by atoms with Crippen molar-refractivity contribution in [1.29, 1.82) is 0 Å². The second-order valence-corrected chi connectivity index (χ2v) is 8.45. The molecule has 2 saturated heterocycles. The molecule has 4 aliphatic rings. The minimum Gasteiger partial charge on any atom is -0.376 e. The van der Waals surface area contributed by atoms with E-state index in [4.69, 9.17) is 4.74 Å². The lowest BCUT2D eigenvalue weighted by Gasteiger charge is -2.32. The van der Waals surface area contributed by atoms with Gasteiger partial charge < -0.3 is 15.0 Å². The van der Waals surface area contributed by atoms with E-state index in [-0.39, 0.29) is 18.2 Å². The maximum Gasteiger partial charge on any atom is 0.317 e. The number of nitrogens with one attached hydrogen (secondary N) is 1. The molecule has 0 radical (unpaired) electrons. The van der Waals surface area contributed by atoms with Gasteiger partial charge in [0.1, 0.15) is 0 Å². The van der Waals surface area contributed by atoms with Crippen molar-refractivity contribution in [2.24, 2.45) is 17.8 Å². The molecular formula is C19H32N2O2. The Bertz CT molecular complexity index is 435. The highest BCUT2D eigenvalue weighted by molar-refractivity contribution is 5.75. The molecule has 2 amide bonds. The molecule has 4 fully saturated rings. The van der Waals surface area contributed by atoms with Crippen molar-refractivity contribution in [2.75, 3.05) is 13.2 Å². The minimum atomic E-state index is 0.133. The van der Waals surface area contributed by atoms with Gasteiger partial charge in [0.15, 0.2) is 0 Å². The van der Waals surface area contributed by atoms with E-state index >= 15 is 0 Å².